The highest BCUT2D eigenvalue weighted by atomic mass is 32.1. The molecule has 1 aliphatic rings. The summed E-state index contributed by atoms with van der Waals surface area (Å²) in [4.78, 5) is 34.8. The number of carbonyl (C=O) groups is 1. The van der Waals surface area contributed by atoms with Gasteiger partial charge in [-0.1, -0.05) is 42.6 Å². The molecule has 0 atom stereocenters. The Labute approximate surface area is 204 Å². The molecule has 8 nitrogen and oxygen atoms in total. The lowest BCUT2D eigenvalue weighted by atomic mass is 10.0. The smallest absolute Gasteiger partial charge is 0.335 e. The summed E-state index contributed by atoms with van der Waals surface area (Å²) >= 11 is 1.49. The summed E-state index contributed by atoms with van der Waals surface area (Å²) < 4.78 is 8.78. The van der Waals surface area contributed by atoms with Crippen molar-refractivity contribution in [1.29, 1.82) is 0 Å². The third-order valence-corrected chi connectivity index (χ3v) is 7.47. The number of benzene rings is 3. The van der Waals surface area contributed by atoms with Gasteiger partial charge in [0.25, 0.3) is 11.2 Å². The Bertz CT molecular complexity index is 1470. The van der Waals surface area contributed by atoms with Crippen LogP contribution in [0.15, 0.2) is 65.5 Å². The number of hydrogen-bond acceptors (Lipinski definition) is 6. The Morgan fingerprint density at radius 2 is 1.89 bits per heavy atom. The molecule has 9 heteroatoms. The number of carboxylic acid groups (broad SMARTS) is 1. The van der Waals surface area contributed by atoms with Crippen LogP contribution in [0.2, 0.25) is 0 Å². The van der Waals surface area contributed by atoms with E-state index in [9.17, 15) is 24.8 Å². The second-order valence-corrected chi connectivity index (χ2v) is 9.65. The van der Waals surface area contributed by atoms with Gasteiger partial charge in [-0.15, -0.1) is 0 Å². The predicted molar refractivity (Wildman–Crippen MR) is 133 cm³/mol. The van der Waals surface area contributed by atoms with Gasteiger partial charge in [0.05, 0.1) is 20.6 Å². The maximum Gasteiger partial charge on any atom is 0.335 e. The molecule has 0 spiro atoms. The van der Waals surface area contributed by atoms with Crippen LogP contribution in [0.3, 0.4) is 0 Å². The molecule has 35 heavy (non-hydrogen) atoms. The van der Waals surface area contributed by atoms with E-state index in [1.807, 2.05) is 28.2 Å². The number of aromatic carboxylic acids is 1. The highest BCUT2D eigenvalue weighted by Gasteiger charge is 2.21. The zero-order valence-electron chi connectivity index (χ0n) is 18.7. The Kier molecular flexibility index (Phi) is 6.08. The summed E-state index contributed by atoms with van der Waals surface area (Å²) in [6.45, 7) is 0.248. The number of non-ortho nitro benzene ring substituents is 1. The molecule has 178 valence electrons. The van der Waals surface area contributed by atoms with Crippen molar-refractivity contribution in [3.63, 3.8) is 0 Å². The zero-order valence-corrected chi connectivity index (χ0v) is 19.5. The molecule has 0 bridgehead atoms. The van der Waals surface area contributed by atoms with E-state index in [1.165, 1.54) is 23.7 Å². The summed E-state index contributed by atoms with van der Waals surface area (Å²) in [5.74, 6) is -0.583. The van der Waals surface area contributed by atoms with Gasteiger partial charge in [0.2, 0.25) is 0 Å². The van der Waals surface area contributed by atoms with Gasteiger partial charge in [0.15, 0.2) is 0 Å². The average molecular weight is 491 g/mol. The third kappa shape index (κ3) is 4.67. The van der Waals surface area contributed by atoms with Gasteiger partial charge in [-0.05, 0) is 59.9 Å². The van der Waals surface area contributed by atoms with E-state index < -0.39 is 10.9 Å². The Morgan fingerprint density at radius 3 is 2.63 bits per heavy atom. The van der Waals surface area contributed by atoms with Crippen molar-refractivity contribution in [3.8, 4) is 16.9 Å². The SMILES string of the molecule is O=C(O)c1cc(-c2cccc(COc3ccc4c(=O)n(C5CCCC5)sc4c3)c2)cc([N+](=O)[O-])c1. The predicted octanol–water partition coefficient (Wildman–Crippen LogP) is 6.03. The Hall–Kier alpha value is -3.98. The first-order valence-electron chi connectivity index (χ1n) is 11.3. The van der Waals surface area contributed by atoms with E-state index in [0.29, 0.717) is 28.3 Å². The van der Waals surface area contributed by atoms with Crippen LogP contribution in [0.25, 0.3) is 21.2 Å². The van der Waals surface area contributed by atoms with Gasteiger partial charge in [-0.2, -0.15) is 0 Å². The summed E-state index contributed by atoms with van der Waals surface area (Å²) in [7, 11) is 0. The highest BCUT2D eigenvalue weighted by molar-refractivity contribution is 7.13. The molecule has 1 saturated carbocycles. The highest BCUT2D eigenvalue weighted by Crippen LogP contribution is 2.33. The fourth-order valence-corrected chi connectivity index (χ4v) is 5.68. The number of nitro groups is 1. The number of rotatable bonds is 7. The minimum Gasteiger partial charge on any atom is -0.489 e. The van der Waals surface area contributed by atoms with E-state index in [2.05, 4.69) is 0 Å². The average Bonchev–Trinajstić information content (AvgIpc) is 3.50. The number of nitrogens with zero attached hydrogens (tertiary/aromatic N) is 2. The lowest BCUT2D eigenvalue weighted by Crippen LogP contribution is -2.16. The monoisotopic (exact) mass is 490 g/mol. The molecule has 1 heterocycles. The van der Waals surface area contributed by atoms with Crippen molar-refractivity contribution in [2.75, 3.05) is 0 Å². The molecule has 5 rings (SSSR count). The molecule has 0 aliphatic heterocycles. The summed E-state index contributed by atoms with van der Waals surface area (Å²) in [6, 6.07) is 16.8. The first-order valence-corrected chi connectivity index (χ1v) is 12.1. The van der Waals surface area contributed by atoms with Gasteiger partial charge >= 0.3 is 5.97 Å². The van der Waals surface area contributed by atoms with Crippen LogP contribution < -0.4 is 10.3 Å². The molecule has 0 radical (unpaired) electrons. The molecular formula is C26H22N2O6S. The van der Waals surface area contributed by atoms with E-state index >= 15 is 0 Å². The third-order valence-electron chi connectivity index (χ3n) is 6.28. The van der Waals surface area contributed by atoms with Crippen molar-refractivity contribution in [3.05, 3.63) is 92.3 Å². The second-order valence-electron chi connectivity index (χ2n) is 8.64. The van der Waals surface area contributed by atoms with Crippen LogP contribution in [-0.2, 0) is 6.61 Å². The fourth-order valence-electron chi connectivity index (χ4n) is 4.50. The van der Waals surface area contributed by atoms with Crippen LogP contribution >= 0.6 is 11.5 Å². The van der Waals surface area contributed by atoms with E-state index in [4.69, 9.17) is 4.74 Å². The van der Waals surface area contributed by atoms with Crippen LogP contribution in [0, 0.1) is 10.1 Å². The van der Waals surface area contributed by atoms with E-state index in [-0.39, 0.29) is 23.4 Å². The second kappa shape index (κ2) is 9.34. The first kappa shape index (κ1) is 22.8. The van der Waals surface area contributed by atoms with Crippen LogP contribution in [0.1, 0.15) is 47.6 Å². The molecule has 1 fully saturated rings. The minimum absolute atomic E-state index is 0.0637. The number of carboxylic acids is 1. The maximum atomic E-state index is 12.8. The van der Waals surface area contributed by atoms with Crippen LogP contribution in [0.4, 0.5) is 5.69 Å². The summed E-state index contributed by atoms with van der Waals surface area (Å²) in [6.07, 6.45) is 4.41. The molecule has 0 unspecified atom stereocenters. The standard InChI is InChI=1S/C26H22N2O6S/c29-25-23-9-8-22(14-24(23)35-27(25)20-6-1-2-7-20)34-15-16-4-3-5-17(10-16)18-11-19(26(30)31)13-21(12-18)28(32)33/h3-5,8-14,20H,1-2,6-7,15H2,(H,30,31). The number of fused-ring (bicyclic) bond motifs is 1. The topological polar surface area (TPSA) is 112 Å². The maximum absolute atomic E-state index is 12.8. The number of ether oxygens (including phenoxy) is 1. The molecular weight excluding hydrogens is 468 g/mol. The molecule has 0 saturated heterocycles. The van der Waals surface area contributed by atoms with Crippen molar-refractivity contribution in [2.24, 2.45) is 0 Å². The van der Waals surface area contributed by atoms with Crippen molar-refractivity contribution in [2.45, 2.75) is 38.3 Å². The number of aromatic nitrogens is 1. The van der Waals surface area contributed by atoms with Crippen molar-refractivity contribution < 1.29 is 19.6 Å². The van der Waals surface area contributed by atoms with Gasteiger partial charge in [-0.3, -0.25) is 18.9 Å². The number of nitro benzene ring substituents is 1. The van der Waals surface area contributed by atoms with Crippen LogP contribution in [-0.4, -0.2) is 20.0 Å². The molecule has 4 aromatic rings. The minimum atomic E-state index is -1.23. The van der Waals surface area contributed by atoms with Crippen LogP contribution in [0.5, 0.6) is 5.75 Å². The molecule has 1 aromatic heterocycles. The number of hydrogen-bond donors (Lipinski definition) is 1. The van der Waals surface area contributed by atoms with Gasteiger partial charge in [0.1, 0.15) is 12.4 Å². The lowest BCUT2D eigenvalue weighted by molar-refractivity contribution is -0.384. The van der Waals surface area contributed by atoms with Crippen molar-refractivity contribution >= 4 is 33.3 Å². The van der Waals surface area contributed by atoms with E-state index in [1.54, 1.807) is 18.2 Å². The summed E-state index contributed by atoms with van der Waals surface area (Å²) in [5.41, 5.74) is 1.56. The molecule has 1 N–H and O–H groups in total. The normalized spacial score (nSPS) is 13.8. The Morgan fingerprint density at radius 1 is 1.09 bits per heavy atom. The quantitative estimate of drug-likeness (QED) is 0.250. The molecule has 1 aliphatic carbocycles. The fraction of sp³-hybridized carbons (Fsp3) is 0.231. The summed E-state index contributed by atoms with van der Waals surface area (Å²) in [5, 5.41) is 21.3. The Balaban J connectivity index is 1.37. The van der Waals surface area contributed by atoms with Gasteiger partial charge in [-0.25, -0.2) is 4.79 Å². The molecule has 0 amide bonds. The zero-order chi connectivity index (χ0) is 24.5. The van der Waals surface area contributed by atoms with Gasteiger partial charge in [0, 0.05) is 18.2 Å². The first-order chi connectivity index (χ1) is 16.9. The molecule has 3 aromatic carbocycles. The van der Waals surface area contributed by atoms with Gasteiger partial charge < -0.3 is 9.84 Å². The van der Waals surface area contributed by atoms with E-state index in [0.717, 1.165) is 42.0 Å². The largest absolute Gasteiger partial charge is 0.489 e. The van der Waals surface area contributed by atoms with Crippen molar-refractivity contribution in [1.82, 2.24) is 3.96 Å². The lowest BCUT2D eigenvalue weighted by Gasteiger charge is -2.09.